The third kappa shape index (κ3) is 1.91. The van der Waals surface area contributed by atoms with Crippen LogP contribution in [0.15, 0.2) is 23.7 Å². The predicted molar refractivity (Wildman–Crippen MR) is 44.0 cm³/mol. The van der Waals surface area contributed by atoms with Gasteiger partial charge in [0.2, 0.25) is 0 Å². The van der Waals surface area contributed by atoms with Crippen molar-refractivity contribution >= 4 is 27.5 Å². The Balaban J connectivity index is 0.000000845. The van der Waals surface area contributed by atoms with Crippen LogP contribution >= 0.6 is 11.3 Å². The van der Waals surface area contributed by atoms with Crippen molar-refractivity contribution in [2.75, 3.05) is 0 Å². The molecule has 60 valence electrons. The molecule has 3 nitrogen and oxygen atoms in total. The van der Waals surface area contributed by atoms with Gasteiger partial charge in [0.25, 0.3) is 0 Å². The van der Waals surface area contributed by atoms with Gasteiger partial charge in [-0.05, 0) is 17.5 Å². The summed E-state index contributed by atoms with van der Waals surface area (Å²) in [4.78, 5) is 15.2. The van der Waals surface area contributed by atoms with Crippen LogP contribution in [-0.2, 0) is 0 Å². The molecule has 0 aliphatic rings. The molecule has 0 unspecified atom stereocenters. The summed E-state index contributed by atoms with van der Waals surface area (Å²) in [6.45, 7) is 0. The maximum atomic E-state index is 10.4. The predicted octanol–water partition coefficient (Wildman–Crippen LogP) is -2.34. The third-order valence-corrected chi connectivity index (χ3v) is 2.38. The Morgan fingerprint density at radius 3 is 3.00 bits per heavy atom. The molecule has 0 fully saturated rings. The Morgan fingerprint density at radius 2 is 2.31 bits per heavy atom. The van der Waals surface area contributed by atoms with Crippen LogP contribution in [0.25, 0.3) is 10.2 Å². The van der Waals surface area contributed by atoms with Gasteiger partial charge in [-0.1, -0.05) is 0 Å². The van der Waals surface area contributed by atoms with Gasteiger partial charge in [-0.15, -0.1) is 11.3 Å². The molecule has 0 saturated heterocycles. The molecule has 0 saturated carbocycles. The molecule has 2 heterocycles. The molecule has 0 radical (unpaired) electrons. The SMILES string of the molecule is O=C([O-])c1cnc2sccc2c1.[Li+]. The molecule has 0 aliphatic carbocycles. The van der Waals surface area contributed by atoms with Crippen LogP contribution in [0.4, 0.5) is 0 Å². The number of hydrogen-bond donors (Lipinski definition) is 0. The van der Waals surface area contributed by atoms with Crippen molar-refractivity contribution in [3.63, 3.8) is 0 Å². The van der Waals surface area contributed by atoms with Crippen LogP contribution in [0.3, 0.4) is 0 Å². The topological polar surface area (TPSA) is 53.0 Å². The number of carboxylic acids is 1. The average molecular weight is 185 g/mol. The van der Waals surface area contributed by atoms with Gasteiger partial charge in [-0.25, -0.2) is 4.98 Å². The molecular weight excluding hydrogens is 181 g/mol. The van der Waals surface area contributed by atoms with Crippen LogP contribution in [0.1, 0.15) is 10.4 Å². The van der Waals surface area contributed by atoms with E-state index in [1.54, 1.807) is 6.07 Å². The van der Waals surface area contributed by atoms with Crippen LogP contribution < -0.4 is 24.0 Å². The fourth-order valence-corrected chi connectivity index (χ4v) is 1.69. The second-order valence-corrected chi connectivity index (χ2v) is 3.22. The van der Waals surface area contributed by atoms with Gasteiger partial charge in [0.1, 0.15) is 4.83 Å². The first kappa shape index (κ1) is 10.3. The summed E-state index contributed by atoms with van der Waals surface area (Å²) in [5.41, 5.74) is 0.126. The summed E-state index contributed by atoms with van der Waals surface area (Å²) in [7, 11) is 0. The average Bonchev–Trinajstić information content (AvgIpc) is 2.49. The van der Waals surface area contributed by atoms with Crippen molar-refractivity contribution in [2.24, 2.45) is 0 Å². The fraction of sp³-hybridized carbons (Fsp3) is 0. The van der Waals surface area contributed by atoms with E-state index in [0.29, 0.717) is 0 Å². The van der Waals surface area contributed by atoms with Crippen molar-refractivity contribution in [1.29, 1.82) is 0 Å². The molecule has 2 aromatic heterocycles. The molecule has 0 bridgehead atoms. The van der Waals surface area contributed by atoms with E-state index in [-0.39, 0.29) is 24.4 Å². The van der Waals surface area contributed by atoms with Crippen LogP contribution in [-0.4, -0.2) is 11.0 Å². The number of thiophene rings is 1. The molecule has 0 aromatic carbocycles. The number of carbonyl (C=O) groups is 1. The van der Waals surface area contributed by atoms with Crippen molar-refractivity contribution in [3.05, 3.63) is 29.3 Å². The third-order valence-electron chi connectivity index (χ3n) is 1.54. The van der Waals surface area contributed by atoms with Crippen molar-refractivity contribution in [1.82, 2.24) is 4.98 Å². The Bertz CT molecular complexity index is 440. The van der Waals surface area contributed by atoms with Gasteiger partial charge in [-0.3, -0.25) is 0 Å². The molecule has 0 atom stereocenters. The monoisotopic (exact) mass is 185 g/mol. The summed E-state index contributed by atoms with van der Waals surface area (Å²) < 4.78 is 0. The molecule has 2 aromatic rings. The normalized spacial score (nSPS) is 9.54. The largest absolute Gasteiger partial charge is 1.00 e. The van der Waals surface area contributed by atoms with Crippen LogP contribution in [0.5, 0.6) is 0 Å². The summed E-state index contributed by atoms with van der Waals surface area (Å²) in [5.74, 6) is -1.18. The molecule has 0 N–H and O–H groups in total. The maximum absolute atomic E-state index is 10.4. The van der Waals surface area contributed by atoms with E-state index in [0.717, 1.165) is 10.2 Å². The summed E-state index contributed by atoms with van der Waals surface area (Å²) in [5, 5.41) is 13.1. The molecular formula is C8H4LiNO2S. The summed E-state index contributed by atoms with van der Waals surface area (Å²) in [6.07, 6.45) is 1.31. The van der Waals surface area contributed by atoms with Gasteiger partial charge in [-0.2, -0.15) is 0 Å². The Morgan fingerprint density at radius 1 is 1.54 bits per heavy atom. The van der Waals surface area contributed by atoms with E-state index in [9.17, 15) is 9.90 Å². The number of aromatic nitrogens is 1. The second-order valence-electron chi connectivity index (χ2n) is 2.33. The molecule has 0 spiro atoms. The van der Waals surface area contributed by atoms with E-state index in [4.69, 9.17) is 0 Å². The van der Waals surface area contributed by atoms with E-state index in [1.807, 2.05) is 11.4 Å². The number of pyridine rings is 1. The van der Waals surface area contributed by atoms with Crippen molar-refractivity contribution in [3.8, 4) is 0 Å². The zero-order valence-electron chi connectivity index (χ0n) is 6.98. The number of fused-ring (bicyclic) bond motifs is 1. The first-order valence-electron chi connectivity index (χ1n) is 3.32. The molecule has 0 amide bonds. The zero-order chi connectivity index (χ0) is 8.55. The van der Waals surface area contributed by atoms with E-state index >= 15 is 0 Å². The maximum Gasteiger partial charge on any atom is 1.00 e. The number of carboxylic acid groups (broad SMARTS) is 1. The number of carbonyl (C=O) groups excluding carboxylic acids is 1. The standard InChI is InChI=1S/C8H5NO2S.Li/c10-8(11)6-3-5-1-2-12-7(5)9-4-6;/h1-4H,(H,10,11);/q;+1/p-1. The smallest absolute Gasteiger partial charge is 0.545 e. The molecule has 5 heteroatoms. The zero-order valence-corrected chi connectivity index (χ0v) is 7.80. The Labute approximate surface area is 90.6 Å². The van der Waals surface area contributed by atoms with E-state index < -0.39 is 5.97 Å². The fourth-order valence-electron chi connectivity index (χ4n) is 0.971. The summed E-state index contributed by atoms with van der Waals surface area (Å²) >= 11 is 1.48. The van der Waals surface area contributed by atoms with Crippen LogP contribution in [0, 0.1) is 0 Å². The van der Waals surface area contributed by atoms with Gasteiger partial charge in [0.15, 0.2) is 0 Å². The number of nitrogens with zero attached hydrogens (tertiary/aromatic N) is 1. The van der Waals surface area contributed by atoms with Gasteiger partial charge < -0.3 is 9.90 Å². The quantitative estimate of drug-likeness (QED) is 0.468. The molecule has 13 heavy (non-hydrogen) atoms. The minimum atomic E-state index is -1.18. The van der Waals surface area contributed by atoms with Gasteiger partial charge >= 0.3 is 18.9 Å². The minimum Gasteiger partial charge on any atom is -0.545 e. The first-order chi connectivity index (χ1) is 5.77. The van der Waals surface area contributed by atoms with Gasteiger partial charge in [0, 0.05) is 17.1 Å². The van der Waals surface area contributed by atoms with Crippen molar-refractivity contribution < 1.29 is 28.8 Å². The Hall–Kier alpha value is -0.823. The van der Waals surface area contributed by atoms with Gasteiger partial charge in [0.05, 0.1) is 5.97 Å². The van der Waals surface area contributed by atoms with Crippen molar-refractivity contribution in [2.45, 2.75) is 0 Å². The number of rotatable bonds is 1. The molecule has 2 rings (SSSR count). The minimum absolute atomic E-state index is 0. The Kier molecular flexibility index (Phi) is 3.10. The van der Waals surface area contributed by atoms with E-state index in [1.165, 1.54) is 17.5 Å². The van der Waals surface area contributed by atoms with Crippen LogP contribution in [0.2, 0.25) is 0 Å². The molecule has 0 aliphatic heterocycles. The number of hydrogen-bond acceptors (Lipinski definition) is 4. The second kappa shape index (κ2) is 3.92. The van der Waals surface area contributed by atoms with E-state index in [2.05, 4.69) is 4.98 Å². The number of aromatic carboxylic acids is 1. The summed E-state index contributed by atoms with van der Waals surface area (Å²) in [6, 6.07) is 3.40. The first-order valence-corrected chi connectivity index (χ1v) is 4.20.